The number of allylic oxidation sites excluding steroid dienone is 2. The van der Waals surface area contributed by atoms with Crippen molar-refractivity contribution in [2.24, 2.45) is 5.73 Å². The van der Waals surface area contributed by atoms with Gasteiger partial charge in [-0.25, -0.2) is 9.59 Å². The minimum Gasteiger partial charge on any atom is -0.506 e. The molecule has 1 aliphatic carbocycles. The number of aromatic hydroxyl groups is 2. The zero-order valence-electron chi connectivity index (χ0n) is 15.4. The summed E-state index contributed by atoms with van der Waals surface area (Å²) in [5, 5.41) is 50.3. The smallest absolute Gasteiger partial charge is 0.337 e. The number of phenols is 2. The average molecular weight is 413 g/mol. The van der Waals surface area contributed by atoms with Gasteiger partial charge in [0.2, 0.25) is 0 Å². The number of carboxylic acid groups (broad SMARTS) is 2. The van der Waals surface area contributed by atoms with Gasteiger partial charge in [0, 0.05) is 5.70 Å². The molecule has 2 aromatic carbocycles. The van der Waals surface area contributed by atoms with Crippen LogP contribution in [0, 0.1) is 0 Å². The second-order valence-electron chi connectivity index (χ2n) is 6.78. The van der Waals surface area contributed by atoms with E-state index in [0.29, 0.717) is 0 Å². The second-order valence-corrected chi connectivity index (χ2v) is 6.78. The molecule has 1 unspecified atom stereocenters. The molecule has 0 fully saturated rings. The van der Waals surface area contributed by atoms with Crippen molar-refractivity contribution in [1.82, 2.24) is 0 Å². The predicted octanol–water partition coefficient (Wildman–Crippen LogP) is 0.718. The van der Waals surface area contributed by atoms with Crippen LogP contribution in [0.15, 0.2) is 48.2 Å². The summed E-state index contributed by atoms with van der Waals surface area (Å²) in [5.74, 6) is -4.02. The monoisotopic (exact) mass is 413 g/mol. The fraction of sp³-hybridized carbons (Fsp3) is 0.100. The van der Waals surface area contributed by atoms with E-state index in [-0.39, 0.29) is 16.8 Å². The number of carboxylic acids is 2. The lowest BCUT2D eigenvalue weighted by Gasteiger charge is -2.40. The maximum absolute atomic E-state index is 11.6. The Morgan fingerprint density at radius 1 is 0.833 bits per heavy atom. The molecule has 0 saturated carbocycles. The van der Waals surface area contributed by atoms with Crippen molar-refractivity contribution in [3.8, 4) is 11.5 Å². The van der Waals surface area contributed by atoms with Crippen LogP contribution in [0.3, 0.4) is 0 Å². The Morgan fingerprint density at radius 3 is 1.63 bits per heavy atom. The van der Waals surface area contributed by atoms with Crippen LogP contribution in [0.25, 0.3) is 0 Å². The maximum Gasteiger partial charge on any atom is 0.337 e. The van der Waals surface area contributed by atoms with Gasteiger partial charge in [0.1, 0.15) is 11.5 Å². The van der Waals surface area contributed by atoms with E-state index >= 15 is 0 Å². The molecule has 3 rings (SSSR count). The van der Waals surface area contributed by atoms with Crippen molar-refractivity contribution >= 4 is 23.3 Å². The fourth-order valence-corrected chi connectivity index (χ4v) is 3.64. The van der Waals surface area contributed by atoms with Gasteiger partial charge in [0.25, 0.3) is 0 Å². The molecule has 1 aliphatic rings. The number of aliphatic hydroxyl groups is 1. The molecule has 10 nitrogen and oxygen atoms in total. The summed E-state index contributed by atoms with van der Waals surface area (Å²) in [6.45, 7) is 0. The van der Waals surface area contributed by atoms with Crippen molar-refractivity contribution in [3.63, 3.8) is 0 Å². The Bertz CT molecular complexity index is 1070. The Kier molecular flexibility index (Phi) is 4.80. The zero-order chi connectivity index (χ0) is 22.4. The lowest BCUT2D eigenvalue weighted by molar-refractivity contribution is 0.0687. The number of rotatable bonds is 4. The number of anilines is 2. The highest BCUT2D eigenvalue weighted by Crippen LogP contribution is 2.47. The molecule has 0 aromatic heterocycles. The quantitative estimate of drug-likeness (QED) is 0.259. The minimum absolute atomic E-state index is 0.00137. The summed E-state index contributed by atoms with van der Waals surface area (Å²) in [4.78, 5) is 23.2. The van der Waals surface area contributed by atoms with Crippen molar-refractivity contribution in [2.75, 3.05) is 11.5 Å². The van der Waals surface area contributed by atoms with Gasteiger partial charge in [-0.1, -0.05) is 12.2 Å². The summed E-state index contributed by atoms with van der Waals surface area (Å²) in [6.07, 6.45) is 2.81. The lowest BCUT2D eigenvalue weighted by atomic mass is 9.65. The number of hydrogen-bond donors (Lipinski definition) is 8. The number of carbonyl (C=O) groups is 2. The topological polar surface area (TPSA) is 213 Å². The zero-order valence-corrected chi connectivity index (χ0v) is 15.4. The third-order valence-corrected chi connectivity index (χ3v) is 5.16. The molecule has 1 atom stereocenters. The number of nitrogen functional groups attached to an aromatic ring is 2. The third kappa shape index (κ3) is 2.86. The molecule has 0 bridgehead atoms. The van der Waals surface area contributed by atoms with E-state index in [0.717, 1.165) is 24.3 Å². The van der Waals surface area contributed by atoms with Crippen LogP contribution in [0.4, 0.5) is 11.4 Å². The molecule has 156 valence electrons. The second kappa shape index (κ2) is 7.01. The molecular formula is C20H19N3O7. The number of nitrogens with two attached hydrogens (primary N) is 3. The number of benzene rings is 2. The number of aliphatic hydroxyl groups excluding tert-OH is 1. The highest BCUT2D eigenvalue weighted by molar-refractivity contribution is 5.97. The van der Waals surface area contributed by atoms with Crippen LogP contribution < -0.4 is 17.2 Å². The Labute approximate surface area is 169 Å². The molecule has 30 heavy (non-hydrogen) atoms. The Hall–Kier alpha value is -4.18. The van der Waals surface area contributed by atoms with Gasteiger partial charge in [-0.05, 0) is 41.5 Å². The SMILES string of the molecule is NC1=CC=CC(O)C1(c1cc(O)c(N)c(C(=O)O)c1)c1cc(O)c(N)c(C(=O)O)c1. The summed E-state index contributed by atoms with van der Waals surface area (Å²) < 4.78 is 0. The molecule has 2 aromatic rings. The molecule has 0 aliphatic heterocycles. The van der Waals surface area contributed by atoms with Crippen LogP contribution >= 0.6 is 0 Å². The number of phenolic OH excluding ortho intramolecular Hbond substituents is 2. The predicted molar refractivity (Wildman–Crippen MR) is 107 cm³/mol. The highest BCUT2D eigenvalue weighted by Gasteiger charge is 2.46. The number of hydrogen-bond acceptors (Lipinski definition) is 8. The van der Waals surface area contributed by atoms with Crippen molar-refractivity contribution < 1.29 is 35.1 Å². The van der Waals surface area contributed by atoms with Gasteiger partial charge < -0.3 is 42.7 Å². The van der Waals surface area contributed by atoms with Gasteiger partial charge >= 0.3 is 11.9 Å². The highest BCUT2D eigenvalue weighted by atomic mass is 16.4. The molecule has 0 radical (unpaired) electrons. The van der Waals surface area contributed by atoms with Crippen LogP contribution in [-0.2, 0) is 5.41 Å². The molecule has 0 heterocycles. The summed E-state index contributed by atoms with van der Waals surface area (Å²) >= 11 is 0. The van der Waals surface area contributed by atoms with Crippen LogP contribution in [0.1, 0.15) is 31.8 Å². The van der Waals surface area contributed by atoms with E-state index in [1.54, 1.807) is 0 Å². The normalized spacial score (nSPS) is 17.4. The molecular weight excluding hydrogens is 394 g/mol. The van der Waals surface area contributed by atoms with Gasteiger partial charge in [-0.3, -0.25) is 0 Å². The average Bonchev–Trinajstić information content (AvgIpc) is 2.66. The van der Waals surface area contributed by atoms with Crippen LogP contribution in [0.2, 0.25) is 0 Å². The van der Waals surface area contributed by atoms with Crippen molar-refractivity contribution in [3.05, 3.63) is 70.4 Å². The van der Waals surface area contributed by atoms with E-state index in [4.69, 9.17) is 17.2 Å². The summed E-state index contributed by atoms with van der Waals surface area (Å²) in [6, 6.07) is 4.49. The third-order valence-electron chi connectivity index (χ3n) is 5.16. The van der Waals surface area contributed by atoms with Gasteiger partial charge in [-0.15, -0.1) is 0 Å². The first-order valence-electron chi connectivity index (χ1n) is 8.56. The summed E-state index contributed by atoms with van der Waals surface area (Å²) in [7, 11) is 0. The molecule has 0 amide bonds. The maximum atomic E-state index is 11.6. The molecule has 11 N–H and O–H groups in total. The first-order chi connectivity index (χ1) is 14.0. The lowest BCUT2D eigenvalue weighted by Crippen LogP contribution is -2.46. The van der Waals surface area contributed by atoms with Crippen LogP contribution in [-0.4, -0.2) is 43.6 Å². The van der Waals surface area contributed by atoms with E-state index in [9.17, 15) is 35.1 Å². The largest absolute Gasteiger partial charge is 0.506 e. The molecule has 0 saturated heterocycles. The molecule has 0 spiro atoms. The van der Waals surface area contributed by atoms with E-state index < -0.39 is 57.5 Å². The van der Waals surface area contributed by atoms with E-state index in [2.05, 4.69) is 0 Å². The summed E-state index contributed by atoms with van der Waals surface area (Å²) in [5.41, 5.74) is 14.1. The van der Waals surface area contributed by atoms with E-state index in [1.807, 2.05) is 0 Å². The van der Waals surface area contributed by atoms with E-state index in [1.165, 1.54) is 18.2 Å². The molecule has 10 heteroatoms. The Morgan fingerprint density at radius 2 is 1.27 bits per heavy atom. The first kappa shape index (κ1) is 20.6. The standard InChI is InChI=1S/C20H19N3O7/c21-14-2-1-3-15(26)20(14,8-4-10(18(27)28)16(22)12(24)6-8)9-5-11(19(29)30)17(23)13(25)7-9/h1-7,15,24-26H,21-23H2,(H,27,28)(H,29,30). The Balaban J connectivity index is 2.46. The fourth-order valence-electron chi connectivity index (χ4n) is 3.64. The first-order valence-corrected chi connectivity index (χ1v) is 8.56. The van der Waals surface area contributed by atoms with Gasteiger partial charge in [-0.2, -0.15) is 0 Å². The van der Waals surface area contributed by atoms with Crippen molar-refractivity contribution in [1.29, 1.82) is 0 Å². The van der Waals surface area contributed by atoms with Gasteiger partial charge in [0.05, 0.1) is 34.0 Å². The van der Waals surface area contributed by atoms with Crippen LogP contribution in [0.5, 0.6) is 11.5 Å². The minimum atomic E-state index is -1.75. The van der Waals surface area contributed by atoms with Gasteiger partial charge in [0.15, 0.2) is 0 Å². The van der Waals surface area contributed by atoms with Crippen molar-refractivity contribution in [2.45, 2.75) is 11.5 Å². The number of aromatic carboxylic acids is 2.